The van der Waals surface area contributed by atoms with Crippen molar-refractivity contribution in [1.29, 1.82) is 0 Å². The van der Waals surface area contributed by atoms with Crippen molar-refractivity contribution in [3.05, 3.63) is 0 Å². The molecule has 0 bridgehead atoms. The van der Waals surface area contributed by atoms with E-state index in [1.54, 1.807) is 0 Å². The van der Waals surface area contributed by atoms with Gasteiger partial charge in [-0.05, 0) is 18.9 Å². The molecular formula is C10H21NO. The topological polar surface area (TPSA) is 21.3 Å². The molecule has 2 atom stereocenters. The lowest BCUT2D eigenvalue weighted by molar-refractivity contribution is 0.00759. The summed E-state index contributed by atoms with van der Waals surface area (Å²) in [5.74, 6) is 0.704. The summed E-state index contributed by atoms with van der Waals surface area (Å²) in [5.41, 5.74) is 0.290. The number of hydrogen-bond donors (Lipinski definition) is 1. The van der Waals surface area contributed by atoms with E-state index in [1.807, 2.05) is 7.05 Å². The fraction of sp³-hybridized carbons (Fsp3) is 1.00. The van der Waals surface area contributed by atoms with E-state index in [1.165, 1.54) is 6.42 Å². The Balaban J connectivity index is 2.52. The zero-order chi connectivity index (χ0) is 9.19. The van der Waals surface area contributed by atoms with Crippen LogP contribution in [-0.2, 0) is 4.74 Å². The SMILES string of the molecule is CNCC1CCOC1C(C)(C)C. The summed E-state index contributed by atoms with van der Waals surface area (Å²) in [5, 5.41) is 3.23. The van der Waals surface area contributed by atoms with E-state index in [-0.39, 0.29) is 5.41 Å². The van der Waals surface area contributed by atoms with Gasteiger partial charge in [-0.3, -0.25) is 0 Å². The lowest BCUT2D eigenvalue weighted by Gasteiger charge is -2.30. The van der Waals surface area contributed by atoms with E-state index in [9.17, 15) is 0 Å². The molecule has 12 heavy (non-hydrogen) atoms. The van der Waals surface area contributed by atoms with E-state index >= 15 is 0 Å². The first-order valence-electron chi connectivity index (χ1n) is 4.82. The van der Waals surface area contributed by atoms with E-state index in [0.29, 0.717) is 12.0 Å². The van der Waals surface area contributed by atoms with Crippen molar-refractivity contribution in [3.63, 3.8) is 0 Å². The molecule has 0 amide bonds. The zero-order valence-corrected chi connectivity index (χ0v) is 8.68. The maximum atomic E-state index is 5.74. The lowest BCUT2D eigenvalue weighted by Crippen LogP contribution is -2.35. The predicted octanol–water partition coefficient (Wildman–Crippen LogP) is 1.66. The normalized spacial score (nSPS) is 31.0. The molecule has 0 saturated carbocycles. The van der Waals surface area contributed by atoms with Crippen LogP contribution in [0.5, 0.6) is 0 Å². The Kier molecular flexibility index (Phi) is 3.13. The maximum absolute atomic E-state index is 5.74. The van der Waals surface area contributed by atoms with Crippen LogP contribution in [0.2, 0.25) is 0 Å². The summed E-state index contributed by atoms with van der Waals surface area (Å²) in [6.45, 7) is 8.79. The molecule has 1 aliphatic heterocycles. The second kappa shape index (κ2) is 3.75. The molecule has 0 aromatic heterocycles. The van der Waals surface area contributed by atoms with Gasteiger partial charge < -0.3 is 10.1 Å². The average molecular weight is 171 g/mol. The fourth-order valence-electron chi connectivity index (χ4n) is 2.06. The highest BCUT2D eigenvalue weighted by Crippen LogP contribution is 2.34. The van der Waals surface area contributed by atoms with Crippen LogP contribution in [0.15, 0.2) is 0 Å². The van der Waals surface area contributed by atoms with E-state index < -0.39 is 0 Å². The number of nitrogens with one attached hydrogen (secondary N) is 1. The van der Waals surface area contributed by atoms with Crippen LogP contribution in [0.25, 0.3) is 0 Å². The third-order valence-corrected chi connectivity index (χ3v) is 2.53. The minimum absolute atomic E-state index is 0.290. The third kappa shape index (κ3) is 2.20. The van der Waals surface area contributed by atoms with Gasteiger partial charge in [-0.1, -0.05) is 20.8 Å². The Hall–Kier alpha value is -0.0800. The van der Waals surface area contributed by atoms with Crippen LogP contribution in [0, 0.1) is 11.3 Å². The van der Waals surface area contributed by atoms with Gasteiger partial charge >= 0.3 is 0 Å². The van der Waals surface area contributed by atoms with Crippen molar-refractivity contribution in [2.45, 2.75) is 33.3 Å². The first-order valence-corrected chi connectivity index (χ1v) is 4.82. The summed E-state index contributed by atoms with van der Waals surface area (Å²) in [6.07, 6.45) is 1.65. The summed E-state index contributed by atoms with van der Waals surface area (Å²) in [6, 6.07) is 0. The summed E-state index contributed by atoms with van der Waals surface area (Å²) >= 11 is 0. The molecule has 0 aromatic carbocycles. The van der Waals surface area contributed by atoms with E-state index in [4.69, 9.17) is 4.74 Å². The van der Waals surface area contributed by atoms with Crippen LogP contribution in [-0.4, -0.2) is 26.3 Å². The van der Waals surface area contributed by atoms with Crippen molar-refractivity contribution >= 4 is 0 Å². The first kappa shape index (κ1) is 10.0. The molecule has 1 saturated heterocycles. The smallest absolute Gasteiger partial charge is 0.0664 e. The maximum Gasteiger partial charge on any atom is 0.0664 e. The standard InChI is InChI=1S/C10H21NO/c1-10(2,3)9-8(7-11-4)5-6-12-9/h8-9,11H,5-7H2,1-4H3. The van der Waals surface area contributed by atoms with Gasteiger partial charge in [0, 0.05) is 19.1 Å². The largest absolute Gasteiger partial charge is 0.377 e. The highest BCUT2D eigenvalue weighted by molar-refractivity contribution is 4.86. The number of rotatable bonds is 2. The molecule has 1 aliphatic rings. The van der Waals surface area contributed by atoms with Crippen LogP contribution in [0.1, 0.15) is 27.2 Å². The van der Waals surface area contributed by atoms with Gasteiger partial charge in [0.25, 0.3) is 0 Å². The molecule has 1 heterocycles. The lowest BCUT2D eigenvalue weighted by atomic mass is 9.81. The van der Waals surface area contributed by atoms with Gasteiger partial charge in [0.2, 0.25) is 0 Å². The second-order valence-corrected chi connectivity index (χ2v) is 4.76. The molecule has 0 spiro atoms. The molecule has 0 aromatic rings. The molecule has 1 rings (SSSR count). The Labute approximate surface area is 75.7 Å². The van der Waals surface area contributed by atoms with Gasteiger partial charge in [-0.25, -0.2) is 0 Å². The highest BCUT2D eigenvalue weighted by atomic mass is 16.5. The molecular weight excluding hydrogens is 150 g/mol. The van der Waals surface area contributed by atoms with Crippen LogP contribution in [0.4, 0.5) is 0 Å². The van der Waals surface area contributed by atoms with Crippen LogP contribution < -0.4 is 5.32 Å². The molecule has 2 heteroatoms. The van der Waals surface area contributed by atoms with Crippen LogP contribution in [0.3, 0.4) is 0 Å². The van der Waals surface area contributed by atoms with Crippen molar-refractivity contribution in [1.82, 2.24) is 5.32 Å². The second-order valence-electron chi connectivity index (χ2n) is 4.76. The minimum atomic E-state index is 0.290. The molecule has 0 aliphatic carbocycles. The zero-order valence-electron chi connectivity index (χ0n) is 8.68. The molecule has 2 nitrogen and oxygen atoms in total. The first-order chi connectivity index (χ1) is 5.55. The van der Waals surface area contributed by atoms with Gasteiger partial charge in [0.05, 0.1) is 6.10 Å². The predicted molar refractivity (Wildman–Crippen MR) is 51.2 cm³/mol. The van der Waals surface area contributed by atoms with Crippen molar-refractivity contribution in [2.24, 2.45) is 11.3 Å². The summed E-state index contributed by atoms with van der Waals surface area (Å²) < 4.78 is 5.74. The molecule has 2 unspecified atom stereocenters. The van der Waals surface area contributed by atoms with Crippen LogP contribution >= 0.6 is 0 Å². The Bertz CT molecular complexity index is 139. The quantitative estimate of drug-likeness (QED) is 0.682. The van der Waals surface area contributed by atoms with Gasteiger partial charge in [0.1, 0.15) is 0 Å². The monoisotopic (exact) mass is 171 g/mol. The Morgan fingerprint density at radius 1 is 1.42 bits per heavy atom. The van der Waals surface area contributed by atoms with Crippen molar-refractivity contribution in [2.75, 3.05) is 20.2 Å². The van der Waals surface area contributed by atoms with Crippen molar-refractivity contribution in [3.8, 4) is 0 Å². The van der Waals surface area contributed by atoms with Gasteiger partial charge in [0.15, 0.2) is 0 Å². The molecule has 1 N–H and O–H groups in total. The molecule has 0 radical (unpaired) electrons. The van der Waals surface area contributed by atoms with E-state index in [0.717, 1.165) is 13.2 Å². The van der Waals surface area contributed by atoms with Gasteiger partial charge in [-0.2, -0.15) is 0 Å². The fourth-order valence-corrected chi connectivity index (χ4v) is 2.06. The van der Waals surface area contributed by atoms with Crippen molar-refractivity contribution < 1.29 is 4.74 Å². The number of hydrogen-bond acceptors (Lipinski definition) is 2. The average Bonchev–Trinajstić information content (AvgIpc) is 2.34. The van der Waals surface area contributed by atoms with Gasteiger partial charge in [-0.15, -0.1) is 0 Å². The Morgan fingerprint density at radius 3 is 2.58 bits per heavy atom. The molecule has 72 valence electrons. The minimum Gasteiger partial charge on any atom is -0.377 e. The third-order valence-electron chi connectivity index (χ3n) is 2.53. The molecule has 1 fully saturated rings. The highest BCUT2D eigenvalue weighted by Gasteiger charge is 2.36. The summed E-state index contributed by atoms with van der Waals surface area (Å²) in [4.78, 5) is 0. The van der Waals surface area contributed by atoms with E-state index in [2.05, 4.69) is 26.1 Å². The summed E-state index contributed by atoms with van der Waals surface area (Å²) in [7, 11) is 2.01. The number of ether oxygens (including phenoxy) is 1. The Morgan fingerprint density at radius 2 is 2.08 bits per heavy atom.